The molecule has 186 valence electrons. The predicted octanol–water partition coefficient (Wildman–Crippen LogP) is 3.57. The van der Waals surface area contributed by atoms with E-state index >= 15 is 0 Å². The molecule has 0 aliphatic rings. The minimum absolute atomic E-state index is 0.131. The van der Waals surface area contributed by atoms with Gasteiger partial charge in [0.15, 0.2) is 0 Å². The number of nitrogens with one attached hydrogen (secondary N) is 3. The van der Waals surface area contributed by atoms with Crippen molar-refractivity contribution in [1.82, 2.24) is 0 Å². The maximum atomic E-state index is 12.5. The fourth-order valence-electron chi connectivity index (χ4n) is 3.17. The Morgan fingerprint density at radius 1 is 0.639 bits per heavy atom. The smallest absolute Gasteiger partial charge is 0.337 e. The van der Waals surface area contributed by atoms with Crippen LogP contribution in [0.4, 0.5) is 17.1 Å². The summed E-state index contributed by atoms with van der Waals surface area (Å²) < 4.78 is 14.5. The zero-order chi connectivity index (χ0) is 26.1. The zero-order valence-corrected chi connectivity index (χ0v) is 19.9. The molecule has 0 heterocycles. The number of methoxy groups -OCH3 is 3. The molecule has 36 heavy (non-hydrogen) atoms. The molecule has 0 bridgehead atoms. The van der Waals surface area contributed by atoms with E-state index in [1.54, 1.807) is 55.6 Å². The van der Waals surface area contributed by atoms with E-state index in [1.165, 1.54) is 32.4 Å². The molecule has 10 nitrogen and oxygen atoms in total. The number of hydrogen-bond donors (Lipinski definition) is 3. The first kappa shape index (κ1) is 25.8. The number of carbonyl (C=O) groups excluding carboxylic acids is 4. The zero-order valence-electron chi connectivity index (χ0n) is 19.9. The first-order chi connectivity index (χ1) is 17.3. The normalized spacial score (nSPS) is 10.1. The summed E-state index contributed by atoms with van der Waals surface area (Å²) in [5.74, 6) is -1.27. The van der Waals surface area contributed by atoms with Gasteiger partial charge in [0.25, 0.3) is 5.91 Å². The monoisotopic (exact) mass is 491 g/mol. The average molecular weight is 492 g/mol. The van der Waals surface area contributed by atoms with E-state index in [0.717, 1.165) is 0 Å². The maximum absolute atomic E-state index is 12.5. The van der Waals surface area contributed by atoms with Crippen LogP contribution in [0.2, 0.25) is 0 Å². The maximum Gasteiger partial charge on any atom is 0.337 e. The molecule has 0 fully saturated rings. The Bertz CT molecular complexity index is 1220. The van der Waals surface area contributed by atoms with E-state index in [4.69, 9.17) is 14.2 Å². The topological polar surface area (TPSA) is 132 Å². The molecule has 3 aromatic carbocycles. The van der Waals surface area contributed by atoms with E-state index in [9.17, 15) is 19.2 Å². The highest BCUT2D eigenvalue weighted by molar-refractivity contribution is 6.05. The SMILES string of the molecule is COC(=O)c1cc(NCC(=O)Nc2ccc(C(=O)Nc3ccc(OC)cc3)cc2)cc(C(=O)OC)c1. The highest BCUT2D eigenvalue weighted by Gasteiger charge is 2.14. The molecule has 0 aliphatic carbocycles. The van der Waals surface area contributed by atoms with Crippen molar-refractivity contribution in [2.24, 2.45) is 0 Å². The number of hydrogen-bond acceptors (Lipinski definition) is 8. The van der Waals surface area contributed by atoms with Crippen molar-refractivity contribution in [3.05, 3.63) is 83.4 Å². The molecule has 0 aromatic heterocycles. The van der Waals surface area contributed by atoms with Gasteiger partial charge < -0.3 is 30.2 Å². The molecule has 3 aromatic rings. The summed E-state index contributed by atoms with van der Waals surface area (Å²) in [5.41, 5.74) is 2.15. The Kier molecular flexibility index (Phi) is 8.60. The summed E-state index contributed by atoms with van der Waals surface area (Å²) in [5, 5.41) is 8.36. The number of anilines is 3. The van der Waals surface area contributed by atoms with Crippen molar-refractivity contribution in [3.63, 3.8) is 0 Å². The van der Waals surface area contributed by atoms with Crippen LogP contribution in [-0.4, -0.2) is 51.6 Å². The Labute approximate surface area is 207 Å². The fraction of sp³-hybridized carbons (Fsp3) is 0.154. The van der Waals surface area contributed by atoms with Crippen LogP contribution in [0.1, 0.15) is 31.1 Å². The third-order valence-corrected chi connectivity index (χ3v) is 5.01. The molecular formula is C26H25N3O7. The number of esters is 2. The van der Waals surface area contributed by atoms with Gasteiger partial charge >= 0.3 is 11.9 Å². The Balaban J connectivity index is 1.58. The lowest BCUT2D eigenvalue weighted by molar-refractivity contribution is -0.114. The quantitative estimate of drug-likeness (QED) is 0.387. The molecule has 0 radical (unpaired) electrons. The minimum atomic E-state index is -0.635. The van der Waals surface area contributed by atoms with Gasteiger partial charge in [-0.05, 0) is 66.7 Å². The molecule has 3 N–H and O–H groups in total. The lowest BCUT2D eigenvalue weighted by Gasteiger charge is -2.11. The summed E-state index contributed by atoms with van der Waals surface area (Å²) in [6.45, 7) is -0.148. The Hall–Kier alpha value is -4.86. The van der Waals surface area contributed by atoms with E-state index in [1.807, 2.05) is 0 Å². The summed E-state index contributed by atoms with van der Waals surface area (Å²) in [6, 6.07) is 17.6. The Morgan fingerprint density at radius 2 is 1.17 bits per heavy atom. The second-order valence-electron chi connectivity index (χ2n) is 7.44. The van der Waals surface area contributed by atoms with E-state index in [2.05, 4.69) is 16.0 Å². The van der Waals surface area contributed by atoms with Crippen LogP contribution in [-0.2, 0) is 14.3 Å². The molecule has 0 unspecified atom stereocenters. The van der Waals surface area contributed by atoms with Gasteiger partial charge in [-0.25, -0.2) is 9.59 Å². The van der Waals surface area contributed by atoms with Gasteiger partial charge in [-0.15, -0.1) is 0 Å². The van der Waals surface area contributed by atoms with Crippen molar-refractivity contribution >= 4 is 40.8 Å². The highest BCUT2D eigenvalue weighted by Crippen LogP contribution is 2.18. The van der Waals surface area contributed by atoms with Gasteiger partial charge in [-0.1, -0.05) is 0 Å². The van der Waals surface area contributed by atoms with E-state index in [0.29, 0.717) is 28.4 Å². The lowest BCUT2D eigenvalue weighted by atomic mass is 10.1. The highest BCUT2D eigenvalue weighted by atomic mass is 16.5. The number of ether oxygens (including phenoxy) is 3. The van der Waals surface area contributed by atoms with Crippen molar-refractivity contribution in [2.75, 3.05) is 43.8 Å². The number of carbonyl (C=O) groups is 4. The van der Waals surface area contributed by atoms with E-state index in [-0.39, 0.29) is 29.5 Å². The number of rotatable bonds is 9. The Morgan fingerprint density at radius 3 is 1.69 bits per heavy atom. The second-order valence-corrected chi connectivity index (χ2v) is 7.44. The first-order valence-electron chi connectivity index (χ1n) is 10.7. The molecule has 10 heteroatoms. The molecule has 3 rings (SSSR count). The van der Waals surface area contributed by atoms with Crippen LogP contribution in [0.5, 0.6) is 5.75 Å². The molecule has 0 atom stereocenters. The lowest BCUT2D eigenvalue weighted by Crippen LogP contribution is -2.22. The molecule has 0 aliphatic heterocycles. The van der Waals surface area contributed by atoms with Crippen LogP contribution in [0.3, 0.4) is 0 Å². The van der Waals surface area contributed by atoms with Crippen LogP contribution in [0.15, 0.2) is 66.7 Å². The molecule has 0 saturated heterocycles. The summed E-state index contributed by atoms with van der Waals surface area (Å²) in [4.78, 5) is 48.6. The van der Waals surface area contributed by atoms with Gasteiger partial charge in [-0.3, -0.25) is 9.59 Å². The molecular weight excluding hydrogens is 466 g/mol. The van der Waals surface area contributed by atoms with Gasteiger partial charge in [-0.2, -0.15) is 0 Å². The summed E-state index contributed by atoms with van der Waals surface area (Å²) in [7, 11) is 4.01. The van der Waals surface area contributed by atoms with Gasteiger partial charge in [0.05, 0.1) is 39.0 Å². The largest absolute Gasteiger partial charge is 0.497 e. The predicted molar refractivity (Wildman–Crippen MR) is 134 cm³/mol. The van der Waals surface area contributed by atoms with Crippen molar-refractivity contribution in [1.29, 1.82) is 0 Å². The summed E-state index contributed by atoms with van der Waals surface area (Å²) in [6.07, 6.45) is 0. The van der Waals surface area contributed by atoms with Crippen molar-refractivity contribution < 1.29 is 33.4 Å². The average Bonchev–Trinajstić information content (AvgIpc) is 2.91. The van der Waals surface area contributed by atoms with E-state index < -0.39 is 11.9 Å². The van der Waals surface area contributed by atoms with Crippen LogP contribution in [0, 0.1) is 0 Å². The van der Waals surface area contributed by atoms with Crippen molar-refractivity contribution in [3.8, 4) is 5.75 Å². The fourth-order valence-corrected chi connectivity index (χ4v) is 3.17. The standard InChI is InChI=1S/C26H25N3O7/c1-34-22-10-8-20(9-11-22)29-24(31)16-4-6-19(7-5-16)28-23(30)15-27-21-13-17(25(32)35-2)12-18(14-21)26(33)36-3/h4-14,27H,15H2,1-3H3,(H,28,30)(H,29,31). The van der Waals surface area contributed by atoms with Crippen molar-refractivity contribution in [2.45, 2.75) is 0 Å². The van der Waals surface area contributed by atoms with Gasteiger partial charge in [0.2, 0.25) is 5.91 Å². The molecule has 0 spiro atoms. The van der Waals surface area contributed by atoms with Gasteiger partial charge in [0, 0.05) is 22.6 Å². The number of amides is 2. The first-order valence-corrected chi connectivity index (χ1v) is 10.7. The van der Waals surface area contributed by atoms with Crippen LogP contribution in [0.25, 0.3) is 0 Å². The number of benzene rings is 3. The molecule has 0 saturated carbocycles. The minimum Gasteiger partial charge on any atom is -0.497 e. The van der Waals surface area contributed by atoms with Crippen LogP contribution >= 0.6 is 0 Å². The van der Waals surface area contributed by atoms with Gasteiger partial charge in [0.1, 0.15) is 5.75 Å². The third kappa shape index (κ3) is 6.83. The molecule has 2 amide bonds. The van der Waals surface area contributed by atoms with Crippen LogP contribution < -0.4 is 20.7 Å². The second kappa shape index (κ2) is 12.0. The summed E-state index contributed by atoms with van der Waals surface area (Å²) >= 11 is 0. The third-order valence-electron chi connectivity index (χ3n) is 5.01.